The topological polar surface area (TPSA) is 87.5 Å². The molecule has 1 aromatic carbocycles. The SMILES string of the molecule is [2H]C1(C[C@H](NCCc2ccccc2)C(=O)N2CCC[C@H]2C(=O)NCC2CCC(N)CC2)CCCCC1. The summed E-state index contributed by atoms with van der Waals surface area (Å²) >= 11 is 0. The van der Waals surface area contributed by atoms with E-state index in [1.54, 1.807) is 4.90 Å². The lowest BCUT2D eigenvalue weighted by molar-refractivity contribution is -0.140. The monoisotopic (exact) mass is 483 g/mol. The normalized spacial score (nSPS) is 27.7. The Labute approximate surface area is 213 Å². The number of rotatable bonds is 10. The lowest BCUT2D eigenvalue weighted by Crippen LogP contribution is -2.53. The number of carbonyl (C=O) groups excluding carboxylic acids is 2. The highest BCUT2D eigenvalue weighted by Gasteiger charge is 2.38. The van der Waals surface area contributed by atoms with Gasteiger partial charge in [0.15, 0.2) is 0 Å². The number of carbonyl (C=O) groups is 2. The third kappa shape index (κ3) is 7.78. The van der Waals surface area contributed by atoms with Gasteiger partial charge in [-0.15, -0.1) is 0 Å². The minimum atomic E-state index is -0.558. The van der Waals surface area contributed by atoms with Gasteiger partial charge in [-0.2, -0.15) is 0 Å². The van der Waals surface area contributed by atoms with Crippen molar-refractivity contribution in [1.82, 2.24) is 15.5 Å². The fourth-order valence-corrected chi connectivity index (χ4v) is 6.09. The molecule has 0 bridgehead atoms. The van der Waals surface area contributed by atoms with Gasteiger partial charge in [-0.25, -0.2) is 0 Å². The van der Waals surface area contributed by atoms with Crippen LogP contribution in [0.3, 0.4) is 0 Å². The second-order valence-corrected chi connectivity index (χ2v) is 11.0. The lowest BCUT2D eigenvalue weighted by atomic mass is 9.84. The fraction of sp³-hybridized carbons (Fsp3) is 0.724. The zero-order valence-corrected chi connectivity index (χ0v) is 21.4. The molecule has 1 heterocycles. The van der Waals surface area contributed by atoms with Gasteiger partial charge < -0.3 is 21.3 Å². The zero-order valence-electron chi connectivity index (χ0n) is 22.4. The quantitative estimate of drug-likeness (QED) is 0.473. The smallest absolute Gasteiger partial charge is 0.242 e. The van der Waals surface area contributed by atoms with Crippen LogP contribution >= 0.6 is 0 Å². The summed E-state index contributed by atoms with van der Waals surface area (Å²) in [6.45, 7) is 1.99. The van der Waals surface area contributed by atoms with Gasteiger partial charge in [0.05, 0.1) is 6.04 Å². The molecule has 2 saturated carbocycles. The maximum Gasteiger partial charge on any atom is 0.242 e. The van der Waals surface area contributed by atoms with E-state index in [4.69, 9.17) is 7.10 Å². The number of nitrogens with zero attached hydrogens (tertiary/aromatic N) is 1. The third-order valence-corrected chi connectivity index (χ3v) is 8.29. The third-order valence-electron chi connectivity index (χ3n) is 8.29. The Balaban J connectivity index is 1.37. The van der Waals surface area contributed by atoms with E-state index in [0.29, 0.717) is 38.0 Å². The van der Waals surface area contributed by atoms with Crippen LogP contribution in [-0.2, 0) is 16.0 Å². The van der Waals surface area contributed by atoms with E-state index in [2.05, 4.69) is 22.8 Å². The molecular weight excluding hydrogens is 436 g/mol. The molecule has 3 aliphatic rings. The summed E-state index contributed by atoms with van der Waals surface area (Å²) in [5, 5.41) is 6.67. The number of nitrogens with two attached hydrogens (primary N) is 1. The summed E-state index contributed by atoms with van der Waals surface area (Å²) in [6, 6.07) is 9.78. The second kappa shape index (κ2) is 13.4. The molecule has 6 nitrogen and oxygen atoms in total. The predicted molar refractivity (Wildman–Crippen MR) is 141 cm³/mol. The molecular formula is C29H46N4O2. The minimum Gasteiger partial charge on any atom is -0.354 e. The van der Waals surface area contributed by atoms with Crippen molar-refractivity contribution in [3.05, 3.63) is 35.9 Å². The Kier molecular flexibility index (Phi) is 9.48. The van der Waals surface area contributed by atoms with Crippen molar-refractivity contribution in [3.8, 4) is 0 Å². The van der Waals surface area contributed by atoms with Crippen molar-refractivity contribution in [1.29, 1.82) is 0 Å². The second-order valence-electron chi connectivity index (χ2n) is 11.0. The van der Waals surface area contributed by atoms with Gasteiger partial charge in [-0.3, -0.25) is 9.59 Å². The van der Waals surface area contributed by atoms with Crippen LogP contribution in [0.1, 0.15) is 84.0 Å². The summed E-state index contributed by atoms with van der Waals surface area (Å²) in [4.78, 5) is 28.8. The van der Waals surface area contributed by atoms with E-state index in [1.807, 2.05) is 18.2 Å². The highest BCUT2D eigenvalue weighted by molar-refractivity contribution is 5.90. The summed E-state index contributed by atoms with van der Waals surface area (Å²) in [5.41, 5.74) is 7.26. The number of likely N-dealkylation sites (tertiary alicyclic amines) is 1. The molecule has 194 valence electrons. The first kappa shape index (κ1) is 24.8. The molecule has 1 aromatic rings. The van der Waals surface area contributed by atoms with Crippen molar-refractivity contribution in [3.63, 3.8) is 0 Å². The standard InChI is InChI=1S/C29H46N4O2/c30-25-15-13-24(14-16-25)21-32-28(34)27-12-7-19-33(27)29(35)26(20-23-10-5-2-6-11-23)31-18-17-22-8-3-1-4-9-22/h1,3-4,8-9,23-27,31H,2,5-7,10-21,30H2,(H,32,34)/t24?,25?,26-,27-/m0/s1/i23D. The number of benzene rings is 1. The van der Waals surface area contributed by atoms with E-state index in [0.717, 1.165) is 70.6 Å². The summed E-state index contributed by atoms with van der Waals surface area (Å²) in [7, 11) is 0. The molecule has 1 aliphatic heterocycles. The Bertz CT molecular complexity index is 837. The molecule has 4 N–H and O–H groups in total. The Morgan fingerprint density at radius 3 is 2.49 bits per heavy atom. The van der Waals surface area contributed by atoms with Crippen molar-refractivity contribution in [2.24, 2.45) is 17.5 Å². The van der Waals surface area contributed by atoms with Gasteiger partial charge in [0.2, 0.25) is 11.8 Å². The van der Waals surface area contributed by atoms with Crippen LogP contribution in [0.5, 0.6) is 0 Å². The van der Waals surface area contributed by atoms with Crippen LogP contribution in [0.4, 0.5) is 0 Å². The highest BCUT2D eigenvalue weighted by atomic mass is 16.2. The van der Waals surface area contributed by atoms with Crippen LogP contribution in [0.15, 0.2) is 30.3 Å². The van der Waals surface area contributed by atoms with Gasteiger partial charge in [0.25, 0.3) is 0 Å². The molecule has 0 unspecified atom stereocenters. The van der Waals surface area contributed by atoms with E-state index in [9.17, 15) is 9.59 Å². The van der Waals surface area contributed by atoms with Crippen molar-refractivity contribution in [2.75, 3.05) is 19.6 Å². The van der Waals surface area contributed by atoms with Crippen LogP contribution in [0.25, 0.3) is 0 Å². The van der Waals surface area contributed by atoms with Crippen LogP contribution in [-0.4, -0.2) is 54.5 Å². The largest absolute Gasteiger partial charge is 0.354 e. The van der Waals surface area contributed by atoms with E-state index >= 15 is 0 Å². The van der Waals surface area contributed by atoms with Gasteiger partial charge in [-0.05, 0) is 75.3 Å². The molecule has 1 saturated heterocycles. The van der Waals surface area contributed by atoms with Gasteiger partial charge >= 0.3 is 0 Å². The average molecular weight is 484 g/mol. The predicted octanol–water partition coefficient (Wildman–Crippen LogP) is 3.78. The van der Waals surface area contributed by atoms with Crippen LogP contribution in [0.2, 0.25) is 0 Å². The zero-order chi connectivity index (χ0) is 25.4. The van der Waals surface area contributed by atoms with Gasteiger partial charge in [-0.1, -0.05) is 62.4 Å². The van der Waals surface area contributed by atoms with Gasteiger partial charge in [0.1, 0.15) is 6.04 Å². The lowest BCUT2D eigenvalue weighted by Gasteiger charge is -2.32. The van der Waals surface area contributed by atoms with E-state index in [1.165, 1.54) is 12.0 Å². The van der Waals surface area contributed by atoms with E-state index < -0.39 is 18.0 Å². The molecule has 0 radical (unpaired) electrons. The van der Waals surface area contributed by atoms with Crippen molar-refractivity contribution >= 4 is 11.8 Å². The summed E-state index contributed by atoms with van der Waals surface area (Å²) in [6.07, 6.45) is 12.1. The molecule has 0 aromatic heterocycles. The number of nitrogens with one attached hydrogen (secondary N) is 2. The molecule has 2 atom stereocenters. The molecule has 3 fully saturated rings. The summed E-state index contributed by atoms with van der Waals surface area (Å²) < 4.78 is 9.04. The number of hydrogen-bond donors (Lipinski definition) is 3. The van der Waals surface area contributed by atoms with Crippen LogP contribution < -0.4 is 16.4 Å². The molecule has 0 spiro atoms. The first-order valence-corrected chi connectivity index (χ1v) is 14.0. The fourth-order valence-electron chi connectivity index (χ4n) is 6.09. The number of hydrogen-bond acceptors (Lipinski definition) is 4. The first-order valence-electron chi connectivity index (χ1n) is 14.5. The maximum absolute atomic E-state index is 13.8. The van der Waals surface area contributed by atoms with Crippen molar-refractivity contribution in [2.45, 2.75) is 102 Å². The minimum absolute atomic E-state index is 0.00144. The van der Waals surface area contributed by atoms with Gasteiger partial charge in [0, 0.05) is 20.5 Å². The first-order chi connectivity index (χ1) is 17.4. The molecule has 2 amide bonds. The summed E-state index contributed by atoms with van der Waals surface area (Å²) in [5.74, 6) is -0.0859. The maximum atomic E-state index is 13.8. The van der Waals surface area contributed by atoms with Crippen LogP contribution in [0, 0.1) is 11.8 Å². The Hall–Kier alpha value is -1.92. The Morgan fingerprint density at radius 2 is 1.74 bits per heavy atom. The van der Waals surface area contributed by atoms with Crippen molar-refractivity contribution < 1.29 is 11.0 Å². The van der Waals surface area contributed by atoms with E-state index in [-0.39, 0.29) is 11.8 Å². The average Bonchev–Trinajstić information content (AvgIpc) is 3.38. The highest BCUT2D eigenvalue weighted by Crippen LogP contribution is 2.29. The molecule has 4 rings (SSSR count). The molecule has 6 heteroatoms. The molecule has 35 heavy (non-hydrogen) atoms. The Morgan fingerprint density at radius 1 is 1.00 bits per heavy atom. The molecule has 2 aliphatic carbocycles. The number of amides is 2.